The molecule has 1 aliphatic carbocycles. The first-order valence-electron chi connectivity index (χ1n) is 6.41. The van der Waals surface area contributed by atoms with E-state index in [4.69, 9.17) is 0 Å². The number of fused-ring (bicyclic) bond motifs is 1. The Kier molecular flexibility index (Phi) is 2.44. The molecule has 1 aliphatic rings. The van der Waals surface area contributed by atoms with Gasteiger partial charge in [-0.15, -0.1) is 0 Å². The number of benzene rings is 2. The van der Waals surface area contributed by atoms with Crippen LogP contribution in [-0.4, -0.2) is 5.11 Å². The van der Waals surface area contributed by atoms with Crippen molar-refractivity contribution in [1.82, 2.24) is 0 Å². The van der Waals surface area contributed by atoms with E-state index >= 15 is 0 Å². The lowest BCUT2D eigenvalue weighted by Crippen LogP contribution is -2.20. The van der Waals surface area contributed by atoms with E-state index in [0.29, 0.717) is 0 Å². The molecule has 1 N–H and O–H groups in total. The summed E-state index contributed by atoms with van der Waals surface area (Å²) in [7, 11) is 0. The molecule has 1 heteroatoms. The van der Waals surface area contributed by atoms with Gasteiger partial charge in [0.25, 0.3) is 0 Å². The van der Waals surface area contributed by atoms with Gasteiger partial charge < -0.3 is 5.11 Å². The molecule has 0 bridgehead atoms. The minimum Gasteiger partial charge on any atom is -0.385 e. The highest BCUT2D eigenvalue weighted by molar-refractivity contribution is 5.84. The van der Waals surface area contributed by atoms with Crippen LogP contribution in [0.25, 0.3) is 10.8 Å². The SMILES string of the molecule is Cc1ccc2cc(C3(O)CCCC3)ccc2c1. The average molecular weight is 226 g/mol. The molecule has 0 amide bonds. The maximum absolute atomic E-state index is 10.6. The fourth-order valence-corrected chi connectivity index (χ4v) is 2.90. The van der Waals surface area contributed by atoms with E-state index < -0.39 is 5.60 Å². The minimum atomic E-state index is -0.570. The lowest BCUT2D eigenvalue weighted by atomic mass is 9.90. The first-order chi connectivity index (χ1) is 8.17. The molecule has 3 rings (SSSR count). The van der Waals surface area contributed by atoms with Gasteiger partial charge in [0.05, 0.1) is 5.60 Å². The van der Waals surface area contributed by atoms with Crippen LogP contribution in [0.1, 0.15) is 36.8 Å². The third-order valence-electron chi connectivity index (χ3n) is 3.96. The second kappa shape index (κ2) is 3.85. The van der Waals surface area contributed by atoms with Crippen LogP contribution >= 0.6 is 0 Å². The van der Waals surface area contributed by atoms with E-state index in [0.717, 1.165) is 31.2 Å². The fourth-order valence-electron chi connectivity index (χ4n) is 2.90. The smallest absolute Gasteiger partial charge is 0.0896 e. The number of hydrogen-bond donors (Lipinski definition) is 1. The topological polar surface area (TPSA) is 20.2 Å². The third-order valence-corrected chi connectivity index (χ3v) is 3.96. The van der Waals surface area contributed by atoms with Crippen LogP contribution in [0.15, 0.2) is 36.4 Å². The van der Waals surface area contributed by atoms with Crippen LogP contribution in [0.4, 0.5) is 0 Å². The maximum Gasteiger partial charge on any atom is 0.0896 e. The van der Waals surface area contributed by atoms with Crippen LogP contribution in [-0.2, 0) is 5.60 Å². The second-order valence-electron chi connectivity index (χ2n) is 5.30. The molecule has 0 atom stereocenters. The van der Waals surface area contributed by atoms with Crippen molar-refractivity contribution in [1.29, 1.82) is 0 Å². The van der Waals surface area contributed by atoms with Gasteiger partial charge in [0.15, 0.2) is 0 Å². The molecule has 0 heterocycles. The van der Waals surface area contributed by atoms with Crippen LogP contribution < -0.4 is 0 Å². The Morgan fingerprint density at radius 3 is 2.35 bits per heavy atom. The summed E-state index contributed by atoms with van der Waals surface area (Å²) in [4.78, 5) is 0. The summed E-state index contributed by atoms with van der Waals surface area (Å²) in [6, 6.07) is 12.8. The highest BCUT2D eigenvalue weighted by Crippen LogP contribution is 2.39. The quantitative estimate of drug-likeness (QED) is 0.781. The maximum atomic E-state index is 10.6. The molecule has 0 aliphatic heterocycles. The molecule has 2 aromatic carbocycles. The van der Waals surface area contributed by atoms with Crippen LogP contribution in [0.2, 0.25) is 0 Å². The number of rotatable bonds is 1. The summed E-state index contributed by atoms with van der Waals surface area (Å²) in [6.07, 6.45) is 4.10. The third kappa shape index (κ3) is 1.85. The summed E-state index contributed by atoms with van der Waals surface area (Å²) in [6.45, 7) is 2.11. The van der Waals surface area contributed by atoms with Gasteiger partial charge in [0.1, 0.15) is 0 Å². The van der Waals surface area contributed by atoms with Crippen molar-refractivity contribution in [2.24, 2.45) is 0 Å². The van der Waals surface area contributed by atoms with Gasteiger partial charge in [-0.05, 0) is 42.2 Å². The molecule has 1 fully saturated rings. The van der Waals surface area contributed by atoms with Crippen molar-refractivity contribution < 1.29 is 5.11 Å². The van der Waals surface area contributed by atoms with Crippen molar-refractivity contribution in [3.05, 3.63) is 47.5 Å². The van der Waals surface area contributed by atoms with Gasteiger partial charge in [0.2, 0.25) is 0 Å². The van der Waals surface area contributed by atoms with Crippen molar-refractivity contribution in [3.63, 3.8) is 0 Å². The summed E-state index contributed by atoms with van der Waals surface area (Å²) >= 11 is 0. The molecule has 17 heavy (non-hydrogen) atoms. The number of aliphatic hydroxyl groups is 1. The van der Waals surface area contributed by atoms with Gasteiger partial charge in [0, 0.05) is 0 Å². The largest absolute Gasteiger partial charge is 0.385 e. The number of hydrogen-bond acceptors (Lipinski definition) is 1. The van der Waals surface area contributed by atoms with Crippen LogP contribution in [0, 0.1) is 6.92 Å². The Bertz CT molecular complexity index is 550. The fraction of sp³-hybridized carbons (Fsp3) is 0.375. The molecule has 0 spiro atoms. The predicted octanol–water partition coefficient (Wildman–Crippen LogP) is 3.91. The summed E-state index contributed by atoms with van der Waals surface area (Å²) < 4.78 is 0. The van der Waals surface area contributed by atoms with Crippen molar-refractivity contribution >= 4 is 10.8 Å². The van der Waals surface area contributed by atoms with Crippen molar-refractivity contribution in [3.8, 4) is 0 Å². The van der Waals surface area contributed by atoms with Gasteiger partial charge in [-0.1, -0.05) is 48.7 Å². The first-order valence-corrected chi connectivity index (χ1v) is 6.41. The lowest BCUT2D eigenvalue weighted by molar-refractivity contribution is 0.0446. The van der Waals surface area contributed by atoms with Crippen LogP contribution in [0.5, 0.6) is 0 Å². The van der Waals surface area contributed by atoms with E-state index in [1.165, 1.54) is 16.3 Å². The monoisotopic (exact) mass is 226 g/mol. The van der Waals surface area contributed by atoms with E-state index in [9.17, 15) is 5.11 Å². The van der Waals surface area contributed by atoms with E-state index in [1.54, 1.807) is 0 Å². The highest BCUT2D eigenvalue weighted by Gasteiger charge is 2.32. The molecule has 1 nitrogen and oxygen atoms in total. The summed E-state index contributed by atoms with van der Waals surface area (Å²) in [5.41, 5.74) is 1.80. The Morgan fingerprint density at radius 2 is 1.59 bits per heavy atom. The lowest BCUT2D eigenvalue weighted by Gasteiger charge is -2.23. The molecule has 0 aromatic heterocycles. The summed E-state index contributed by atoms with van der Waals surface area (Å²) in [5, 5.41) is 13.1. The van der Waals surface area contributed by atoms with E-state index in [1.807, 2.05) is 0 Å². The minimum absolute atomic E-state index is 0.570. The van der Waals surface area contributed by atoms with Gasteiger partial charge in [-0.2, -0.15) is 0 Å². The molecule has 0 saturated heterocycles. The zero-order chi connectivity index (χ0) is 11.9. The van der Waals surface area contributed by atoms with E-state index in [-0.39, 0.29) is 0 Å². The molecule has 1 saturated carbocycles. The van der Waals surface area contributed by atoms with Gasteiger partial charge >= 0.3 is 0 Å². The van der Waals surface area contributed by atoms with Gasteiger partial charge in [-0.3, -0.25) is 0 Å². The van der Waals surface area contributed by atoms with E-state index in [2.05, 4.69) is 43.3 Å². The van der Waals surface area contributed by atoms with Crippen molar-refractivity contribution in [2.45, 2.75) is 38.2 Å². The molecule has 0 unspecified atom stereocenters. The Balaban J connectivity index is 2.10. The zero-order valence-corrected chi connectivity index (χ0v) is 10.2. The molecular formula is C16H18O. The van der Waals surface area contributed by atoms with Crippen molar-refractivity contribution in [2.75, 3.05) is 0 Å². The first kappa shape index (κ1) is 10.8. The summed E-state index contributed by atoms with van der Waals surface area (Å²) in [5.74, 6) is 0. The standard InChI is InChI=1S/C16H18O/c1-12-4-5-14-11-15(7-6-13(14)10-12)16(17)8-2-3-9-16/h4-7,10-11,17H,2-3,8-9H2,1H3. The molecular weight excluding hydrogens is 208 g/mol. The zero-order valence-electron chi connectivity index (χ0n) is 10.2. The van der Waals surface area contributed by atoms with Crippen LogP contribution in [0.3, 0.4) is 0 Å². The average Bonchev–Trinajstić information content (AvgIpc) is 2.77. The Hall–Kier alpha value is -1.34. The number of aryl methyl sites for hydroxylation is 1. The second-order valence-corrected chi connectivity index (χ2v) is 5.30. The Labute approximate surface area is 102 Å². The predicted molar refractivity (Wildman–Crippen MR) is 71.0 cm³/mol. The Morgan fingerprint density at radius 1 is 0.941 bits per heavy atom. The molecule has 88 valence electrons. The molecule has 0 radical (unpaired) electrons. The van der Waals surface area contributed by atoms with Gasteiger partial charge in [-0.25, -0.2) is 0 Å². The highest BCUT2D eigenvalue weighted by atomic mass is 16.3. The molecule has 2 aromatic rings. The normalized spacial score (nSPS) is 18.7.